The third-order valence-corrected chi connectivity index (χ3v) is 4.02. The number of hydrogen-bond acceptors (Lipinski definition) is 6. The van der Waals surface area contributed by atoms with Crippen molar-refractivity contribution in [1.29, 1.82) is 0 Å². The van der Waals surface area contributed by atoms with Crippen molar-refractivity contribution in [1.82, 2.24) is 0 Å². The van der Waals surface area contributed by atoms with Crippen LogP contribution in [0.4, 0.5) is 24.5 Å². The SMILES string of the molecule is NS(=O)(=O)c1ccc(NN=Cc2cccc(C(F)(F)F)c2)c([N+](=O)[O-])c1. The Balaban J connectivity index is 2.27. The van der Waals surface area contributed by atoms with Crippen molar-refractivity contribution in [3.63, 3.8) is 0 Å². The molecule has 3 N–H and O–H groups in total. The number of nitrogens with one attached hydrogen (secondary N) is 1. The third kappa shape index (κ3) is 4.77. The van der Waals surface area contributed by atoms with E-state index in [1.165, 1.54) is 12.1 Å². The van der Waals surface area contributed by atoms with E-state index < -0.39 is 37.3 Å². The molecule has 138 valence electrons. The van der Waals surface area contributed by atoms with Crippen LogP contribution in [-0.2, 0) is 16.2 Å². The molecule has 0 aliphatic rings. The minimum atomic E-state index is -4.51. The Morgan fingerprint density at radius 1 is 1.19 bits per heavy atom. The quantitative estimate of drug-likeness (QED) is 0.462. The highest BCUT2D eigenvalue weighted by molar-refractivity contribution is 7.89. The van der Waals surface area contributed by atoms with Crippen molar-refractivity contribution in [2.24, 2.45) is 10.2 Å². The Bertz CT molecular complexity index is 974. The average molecular weight is 388 g/mol. The molecule has 0 fully saturated rings. The highest BCUT2D eigenvalue weighted by Gasteiger charge is 2.30. The first-order valence-electron chi connectivity index (χ1n) is 6.76. The Labute approximate surface area is 145 Å². The van der Waals surface area contributed by atoms with Crippen LogP contribution < -0.4 is 10.6 Å². The van der Waals surface area contributed by atoms with Gasteiger partial charge in [0.05, 0.1) is 21.6 Å². The summed E-state index contributed by atoms with van der Waals surface area (Å²) in [6, 6.07) is 7.14. The van der Waals surface area contributed by atoms with E-state index in [2.05, 4.69) is 10.5 Å². The average Bonchev–Trinajstić information content (AvgIpc) is 2.53. The minimum Gasteiger partial charge on any atom is -0.272 e. The van der Waals surface area contributed by atoms with Gasteiger partial charge in [-0.1, -0.05) is 12.1 Å². The molecule has 0 heterocycles. The molecular weight excluding hydrogens is 377 g/mol. The number of hydrogen-bond donors (Lipinski definition) is 2. The van der Waals surface area contributed by atoms with Crippen LogP contribution >= 0.6 is 0 Å². The summed E-state index contributed by atoms with van der Waals surface area (Å²) in [5.41, 5.74) is 0.753. The zero-order valence-corrected chi connectivity index (χ0v) is 13.6. The number of alkyl halides is 3. The number of rotatable bonds is 5. The first kappa shape index (κ1) is 19.3. The van der Waals surface area contributed by atoms with E-state index in [1.54, 1.807) is 0 Å². The highest BCUT2D eigenvalue weighted by Crippen LogP contribution is 2.29. The lowest BCUT2D eigenvalue weighted by molar-refractivity contribution is -0.384. The molecule has 0 spiro atoms. The number of nitro benzene ring substituents is 1. The lowest BCUT2D eigenvalue weighted by atomic mass is 10.1. The van der Waals surface area contributed by atoms with Crippen molar-refractivity contribution < 1.29 is 26.5 Å². The van der Waals surface area contributed by atoms with Crippen molar-refractivity contribution in [2.45, 2.75) is 11.1 Å². The van der Waals surface area contributed by atoms with Crippen LogP contribution in [0.1, 0.15) is 11.1 Å². The van der Waals surface area contributed by atoms with E-state index in [0.29, 0.717) is 0 Å². The first-order valence-corrected chi connectivity index (χ1v) is 8.31. The van der Waals surface area contributed by atoms with Gasteiger partial charge in [0, 0.05) is 6.07 Å². The minimum absolute atomic E-state index is 0.108. The molecule has 8 nitrogen and oxygen atoms in total. The van der Waals surface area contributed by atoms with Gasteiger partial charge in [0.1, 0.15) is 5.69 Å². The van der Waals surface area contributed by atoms with Gasteiger partial charge in [0.2, 0.25) is 10.0 Å². The summed E-state index contributed by atoms with van der Waals surface area (Å²) in [6.07, 6.45) is -3.48. The summed E-state index contributed by atoms with van der Waals surface area (Å²) >= 11 is 0. The van der Waals surface area contributed by atoms with Crippen LogP contribution in [0.5, 0.6) is 0 Å². The fraction of sp³-hybridized carbons (Fsp3) is 0.0714. The Kier molecular flexibility index (Phi) is 5.28. The van der Waals surface area contributed by atoms with Crippen molar-refractivity contribution in [2.75, 3.05) is 5.43 Å². The van der Waals surface area contributed by atoms with Crippen LogP contribution in [0.2, 0.25) is 0 Å². The van der Waals surface area contributed by atoms with E-state index in [9.17, 15) is 31.7 Å². The smallest absolute Gasteiger partial charge is 0.272 e. The lowest BCUT2D eigenvalue weighted by Crippen LogP contribution is -2.12. The molecule has 0 aliphatic carbocycles. The zero-order chi connectivity index (χ0) is 19.5. The van der Waals surface area contributed by atoms with Crippen LogP contribution in [0, 0.1) is 10.1 Å². The van der Waals surface area contributed by atoms with E-state index in [-0.39, 0.29) is 11.3 Å². The molecule has 0 radical (unpaired) electrons. The number of halogens is 3. The standard InChI is InChI=1S/C14H11F3N4O4S/c15-14(16,17)10-3-1-2-9(6-10)8-19-20-12-5-4-11(26(18,24)25)7-13(12)21(22)23/h1-8,20H,(H2,18,24,25). The summed E-state index contributed by atoms with van der Waals surface area (Å²) in [7, 11) is -4.14. The van der Waals surface area contributed by atoms with Gasteiger partial charge in [0.25, 0.3) is 5.69 Å². The van der Waals surface area contributed by atoms with E-state index in [1.807, 2.05) is 0 Å². The Morgan fingerprint density at radius 3 is 2.46 bits per heavy atom. The van der Waals surface area contributed by atoms with Crippen LogP contribution in [-0.4, -0.2) is 19.6 Å². The van der Waals surface area contributed by atoms with Gasteiger partial charge < -0.3 is 0 Å². The maximum atomic E-state index is 12.6. The van der Waals surface area contributed by atoms with Gasteiger partial charge in [-0.2, -0.15) is 18.3 Å². The van der Waals surface area contributed by atoms with Crippen molar-refractivity contribution >= 4 is 27.6 Å². The van der Waals surface area contributed by atoms with Gasteiger partial charge in [-0.15, -0.1) is 0 Å². The number of primary sulfonamides is 1. The first-order chi connectivity index (χ1) is 12.0. The molecular formula is C14H11F3N4O4S. The molecule has 0 aliphatic heterocycles. The highest BCUT2D eigenvalue weighted by atomic mass is 32.2. The summed E-state index contributed by atoms with van der Waals surface area (Å²) < 4.78 is 60.4. The number of anilines is 1. The molecule has 12 heteroatoms. The van der Waals surface area contributed by atoms with Gasteiger partial charge in [0.15, 0.2) is 0 Å². The summed E-state index contributed by atoms with van der Waals surface area (Å²) in [5, 5.41) is 19.6. The molecule has 0 saturated carbocycles. The molecule has 2 aromatic carbocycles. The molecule has 0 atom stereocenters. The summed E-state index contributed by atoms with van der Waals surface area (Å²) in [4.78, 5) is 9.73. The Morgan fingerprint density at radius 2 is 1.88 bits per heavy atom. The molecule has 0 bridgehead atoms. The largest absolute Gasteiger partial charge is 0.416 e. The fourth-order valence-corrected chi connectivity index (χ4v) is 2.44. The van der Waals surface area contributed by atoms with Gasteiger partial charge >= 0.3 is 6.18 Å². The van der Waals surface area contributed by atoms with Gasteiger partial charge in [-0.3, -0.25) is 15.5 Å². The third-order valence-electron chi connectivity index (χ3n) is 3.11. The fourth-order valence-electron chi connectivity index (χ4n) is 1.91. The molecule has 0 amide bonds. The molecule has 0 saturated heterocycles. The normalized spacial score (nSPS) is 12.3. The molecule has 0 aromatic heterocycles. The maximum absolute atomic E-state index is 12.6. The summed E-state index contributed by atoms with van der Waals surface area (Å²) in [6.45, 7) is 0. The van der Waals surface area contributed by atoms with Crippen molar-refractivity contribution in [3.05, 3.63) is 63.7 Å². The number of nitrogens with two attached hydrogens (primary N) is 1. The predicted molar refractivity (Wildman–Crippen MR) is 87.1 cm³/mol. The van der Waals surface area contributed by atoms with E-state index >= 15 is 0 Å². The number of nitrogens with zero attached hydrogens (tertiary/aromatic N) is 2. The van der Waals surface area contributed by atoms with E-state index in [0.717, 1.165) is 36.5 Å². The summed E-state index contributed by atoms with van der Waals surface area (Å²) in [5.74, 6) is 0. The number of nitro groups is 1. The second-order valence-electron chi connectivity index (χ2n) is 4.97. The second-order valence-corrected chi connectivity index (χ2v) is 6.54. The van der Waals surface area contributed by atoms with Crippen LogP contribution in [0.15, 0.2) is 52.5 Å². The maximum Gasteiger partial charge on any atom is 0.416 e. The number of sulfonamides is 1. The topological polar surface area (TPSA) is 128 Å². The van der Waals surface area contributed by atoms with Crippen LogP contribution in [0.25, 0.3) is 0 Å². The van der Waals surface area contributed by atoms with Gasteiger partial charge in [-0.05, 0) is 29.8 Å². The molecule has 2 rings (SSSR count). The monoisotopic (exact) mass is 388 g/mol. The molecule has 26 heavy (non-hydrogen) atoms. The zero-order valence-electron chi connectivity index (χ0n) is 12.8. The van der Waals surface area contributed by atoms with Gasteiger partial charge in [-0.25, -0.2) is 13.6 Å². The van der Waals surface area contributed by atoms with Crippen molar-refractivity contribution in [3.8, 4) is 0 Å². The second kappa shape index (κ2) is 7.09. The van der Waals surface area contributed by atoms with E-state index in [4.69, 9.17) is 5.14 Å². The predicted octanol–water partition coefficient (Wildman–Crippen LogP) is 2.71. The number of benzene rings is 2. The van der Waals surface area contributed by atoms with Crippen LogP contribution in [0.3, 0.4) is 0 Å². The number of hydrazone groups is 1. The Hall–Kier alpha value is -2.99. The molecule has 2 aromatic rings. The molecule has 0 unspecified atom stereocenters. The lowest BCUT2D eigenvalue weighted by Gasteiger charge is -2.07.